The van der Waals surface area contributed by atoms with Crippen LogP contribution in [0.2, 0.25) is 0 Å². The van der Waals surface area contributed by atoms with Crippen molar-refractivity contribution in [3.8, 4) is 0 Å². The van der Waals surface area contributed by atoms with Gasteiger partial charge in [0.2, 0.25) is 0 Å². The van der Waals surface area contributed by atoms with Gasteiger partial charge in [0.1, 0.15) is 6.10 Å². The Balaban J connectivity index is 1.93. The predicted molar refractivity (Wildman–Crippen MR) is 123 cm³/mol. The highest BCUT2D eigenvalue weighted by molar-refractivity contribution is 5.93. The first kappa shape index (κ1) is 25.7. The summed E-state index contributed by atoms with van der Waals surface area (Å²) in [7, 11) is 0. The number of ether oxygens (including phenoxy) is 1. The quantitative estimate of drug-likeness (QED) is 0.462. The first-order chi connectivity index (χ1) is 15.9. The van der Waals surface area contributed by atoms with Gasteiger partial charge in [0, 0.05) is 6.42 Å². The second kappa shape index (κ2) is 9.78. The van der Waals surface area contributed by atoms with Gasteiger partial charge in [-0.3, -0.25) is 0 Å². The SMILES string of the molecule is CCCC1=NOC(C(=O)O)(C(OCc2ccc(C(C)(C)C)cc2)c2ccc(C(F)(F)F)cc2)C1. The monoisotopic (exact) mass is 477 g/mol. The second-order valence-corrected chi connectivity index (χ2v) is 9.63. The molecule has 0 radical (unpaired) electrons. The second-order valence-electron chi connectivity index (χ2n) is 9.63. The van der Waals surface area contributed by atoms with Crippen molar-refractivity contribution < 1.29 is 32.6 Å². The molecule has 2 aromatic rings. The standard InChI is InChI=1S/C26H30F3NO4/c1-5-6-21-15-25(23(31)32,34-30-21)22(18-9-13-20(14-10-18)26(27,28)29)33-16-17-7-11-19(12-8-17)24(2,3)4/h7-14,22H,5-6,15-16H2,1-4H3,(H,31,32). The molecular weight excluding hydrogens is 447 g/mol. The van der Waals surface area contributed by atoms with Crippen LogP contribution >= 0.6 is 0 Å². The zero-order valence-electron chi connectivity index (χ0n) is 19.8. The van der Waals surface area contributed by atoms with E-state index in [4.69, 9.17) is 9.57 Å². The van der Waals surface area contributed by atoms with E-state index in [-0.39, 0.29) is 24.0 Å². The van der Waals surface area contributed by atoms with Crippen molar-refractivity contribution in [2.45, 2.75) is 76.9 Å². The number of aliphatic carboxylic acids is 1. The van der Waals surface area contributed by atoms with Crippen LogP contribution in [-0.2, 0) is 32.6 Å². The normalized spacial score (nSPS) is 19.4. The summed E-state index contributed by atoms with van der Waals surface area (Å²) in [4.78, 5) is 17.9. The molecule has 0 saturated heterocycles. The van der Waals surface area contributed by atoms with Gasteiger partial charge in [0.15, 0.2) is 0 Å². The molecule has 1 heterocycles. The molecule has 0 aromatic heterocycles. The van der Waals surface area contributed by atoms with Crippen molar-refractivity contribution in [1.29, 1.82) is 0 Å². The van der Waals surface area contributed by atoms with Crippen LogP contribution < -0.4 is 0 Å². The molecule has 1 aliphatic rings. The third-order valence-electron chi connectivity index (χ3n) is 5.91. The van der Waals surface area contributed by atoms with Crippen molar-refractivity contribution in [3.05, 3.63) is 70.8 Å². The summed E-state index contributed by atoms with van der Waals surface area (Å²) >= 11 is 0. The number of benzene rings is 2. The van der Waals surface area contributed by atoms with E-state index in [1.54, 1.807) is 0 Å². The molecule has 2 unspecified atom stereocenters. The summed E-state index contributed by atoms with van der Waals surface area (Å²) in [5.74, 6) is -1.28. The molecule has 34 heavy (non-hydrogen) atoms. The average Bonchev–Trinajstić information content (AvgIpc) is 3.19. The molecule has 0 spiro atoms. The van der Waals surface area contributed by atoms with Gasteiger partial charge in [-0.1, -0.05) is 75.7 Å². The maximum atomic E-state index is 13.1. The zero-order valence-corrected chi connectivity index (χ0v) is 19.8. The van der Waals surface area contributed by atoms with Gasteiger partial charge in [-0.2, -0.15) is 13.2 Å². The first-order valence-electron chi connectivity index (χ1n) is 11.2. The highest BCUT2D eigenvalue weighted by atomic mass is 19.4. The lowest BCUT2D eigenvalue weighted by molar-refractivity contribution is -0.187. The van der Waals surface area contributed by atoms with E-state index in [1.807, 2.05) is 31.2 Å². The van der Waals surface area contributed by atoms with E-state index >= 15 is 0 Å². The van der Waals surface area contributed by atoms with Gasteiger partial charge in [-0.25, -0.2) is 4.79 Å². The molecule has 0 fully saturated rings. The Morgan fingerprint density at radius 2 is 1.68 bits per heavy atom. The van der Waals surface area contributed by atoms with E-state index in [1.165, 1.54) is 12.1 Å². The summed E-state index contributed by atoms with van der Waals surface area (Å²) < 4.78 is 45.3. The maximum Gasteiger partial charge on any atom is 0.416 e. The number of carboxylic acids is 1. The minimum Gasteiger partial charge on any atom is -0.478 e. The van der Waals surface area contributed by atoms with Gasteiger partial charge in [-0.05, 0) is 40.7 Å². The van der Waals surface area contributed by atoms with Crippen LogP contribution in [0.15, 0.2) is 53.7 Å². The van der Waals surface area contributed by atoms with Crippen molar-refractivity contribution in [3.63, 3.8) is 0 Å². The van der Waals surface area contributed by atoms with Crippen LogP contribution in [0.1, 0.15) is 75.3 Å². The average molecular weight is 478 g/mol. The number of oxime groups is 1. The Bertz CT molecular complexity index is 1020. The van der Waals surface area contributed by atoms with Gasteiger partial charge in [0.25, 0.3) is 5.60 Å². The van der Waals surface area contributed by atoms with Crippen LogP contribution in [0.5, 0.6) is 0 Å². The van der Waals surface area contributed by atoms with E-state index in [0.29, 0.717) is 12.1 Å². The van der Waals surface area contributed by atoms with E-state index in [2.05, 4.69) is 25.9 Å². The fourth-order valence-electron chi connectivity index (χ4n) is 3.93. The number of carbonyl (C=O) groups is 1. The smallest absolute Gasteiger partial charge is 0.416 e. The fourth-order valence-corrected chi connectivity index (χ4v) is 3.93. The van der Waals surface area contributed by atoms with Crippen LogP contribution in [0.25, 0.3) is 0 Å². The lowest BCUT2D eigenvalue weighted by atomic mass is 9.85. The van der Waals surface area contributed by atoms with Crippen molar-refractivity contribution in [1.82, 2.24) is 0 Å². The highest BCUT2D eigenvalue weighted by Gasteiger charge is 2.54. The molecule has 5 nitrogen and oxygen atoms in total. The fraction of sp³-hybridized carbons (Fsp3) is 0.462. The van der Waals surface area contributed by atoms with Crippen LogP contribution in [0, 0.1) is 0 Å². The van der Waals surface area contributed by atoms with E-state index in [9.17, 15) is 23.1 Å². The number of nitrogens with zero attached hydrogens (tertiary/aromatic N) is 1. The molecule has 0 amide bonds. The molecular formula is C26H30F3NO4. The third kappa shape index (κ3) is 5.60. The van der Waals surface area contributed by atoms with Crippen LogP contribution in [-0.4, -0.2) is 22.4 Å². The largest absolute Gasteiger partial charge is 0.478 e. The summed E-state index contributed by atoms with van der Waals surface area (Å²) in [6.07, 6.45) is -4.37. The van der Waals surface area contributed by atoms with Gasteiger partial charge >= 0.3 is 12.1 Å². The molecule has 0 bridgehead atoms. The van der Waals surface area contributed by atoms with E-state index < -0.39 is 29.4 Å². The number of rotatable bonds is 8. The number of carboxylic acid groups (broad SMARTS) is 1. The molecule has 8 heteroatoms. The Morgan fingerprint density at radius 3 is 2.18 bits per heavy atom. The van der Waals surface area contributed by atoms with Crippen molar-refractivity contribution in [2.75, 3.05) is 0 Å². The minimum atomic E-state index is -4.50. The van der Waals surface area contributed by atoms with Gasteiger partial charge < -0.3 is 14.7 Å². The molecule has 2 atom stereocenters. The zero-order chi connectivity index (χ0) is 25.1. The Morgan fingerprint density at radius 1 is 1.09 bits per heavy atom. The predicted octanol–water partition coefficient (Wildman–Crippen LogP) is 6.66. The first-order valence-corrected chi connectivity index (χ1v) is 11.2. The minimum absolute atomic E-state index is 0.00910. The Labute approximate surface area is 197 Å². The van der Waals surface area contributed by atoms with Crippen LogP contribution in [0.3, 0.4) is 0 Å². The van der Waals surface area contributed by atoms with Gasteiger partial charge in [-0.15, -0.1) is 0 Å². The van der Waals surface area contributed by atoms with Gasteiger partial charge in [0.05, 0.1) is 17.9 Å². The summed E-state index contributed by atoms with van der Waals surface area (Å²) in [5, 5.41) is 14.1. The summed E-state index contributed by atoms with van der Waals surface area (Å²) in [5.41, 5.74) is 0.0740. The maximum absolute atomic E-state index is 13.1. The summed E-state index contributed by atoms with van der Waals surface area (Å²) in [6.45, 7) is 8.29. The lowest BCUT2D eigenvalue weighted by Crippen LogP contribution is -2.46. The molecule has 0 saturated carbocycles. The molecule has 3 rings (SSSR count). The molecule has 1 aliphatic heterocycles. The van der Waals surface area contributed by atoms with Crippen LogP contribution in [0.4, 0.5) is 13.2 Å². The summed E-state index contributed by atoms with van der Waals surface area (Å²) in [6, 6.07) is 12.1. The molecule has 2 aromatic carbocycles. The molecule has 0 aliphatic carbocycles. The Kier molecular flexibility index (Phi) is 7.41. The van der Waals surface area contributed by atoms with Crippen molar-refractivity contribution in [2.24, 2.45) is 5.16 Å². The number of halogens is 3. The Hall–Kier alpha value is -2.87. The topological polar surface area (TPSA) is 68.1 Å². The third-order valence-corrected chi connectivity index (χ3v) is 5.91. The highest BCUT2D eigenvalue weighted by Crippen LogP contribution is 2.42. The number of hydrogen-bond donors (Lipinski definition) is 1. The molecule has 184 valence electrons. The van der Waals surface area contributed by atoms with Crippen molar-refractivity contribution >= 4 is 11.7 Å². The number of hydrogen-bond acceptors (Lipinski definition) is 4. The number of alkyl halides is 3. The van der Waals surface area contributed by atoms with E-state index in [0.717, 1.165) is 29.7 Å². The lowest BCUT2D eigenvalue weighted by Gasteiger charge is -2.32. The molecule has 1 N–H and O–H groups in total.